The Labute approximate surface area is 165 Å². The second-order valence-corrected chi connectivity index (χ2v) is 9.55. The molecule has 4 rings (SSSR count). The molecule has 0 saturated carbocycles. The van der Waals surface area contributed by atoms with Gasteiger partial charge in [-0.2, -0.15) is 0 Å². The molecule has 1 N–H and O–H groups in total. The van der Waals surface area contributed by atoms with Crippen LogP contribution in [0.4, 0.5) is 0 Å². The van der Waals surface area contributed by atoms with E-state index in [0.29, 0.717) is 19.5 Å². The van der Waals surface area contributed by atoms with Crippen molar-refractivity contribution in [3.8, 4) is 11.3 Å². The topological polar surface area (TPSA) is 86.4 Å². The van der Waals surface area contributed by atoms with E-state index in [2.05, 4.69) is 9.97 Å². The van der Waals surface area contributed by atoms with Crippen LogP contribution >= 0.6 is 0 Å². The van der Waals surface area contributed by atoms with Gasteiger partial charge in [0.25, 0.3) is 0 Å². The highest BCUT2D eigenvalue weighted by atomic mass is 32.2. The maximum atomic E-state index is 12.9. The fourth-order valence-corrected chi connectivity index (χ4v) is 5.62. The number of carbonyl (C=O) groups excluding carboxylic acids is 1. The fraction of sp³-hybridized carbons (Fsp3) is 0.500. The number of sulfonamides is 1. The quantitative estimate of drug-likeness (QED) is 0.833. The molecule has 1 aromatic carbocycles. The van der Waals surface area contributed by atoms with Crippen LogP contribution in [-0.2, 0) is 14.8 Å². The largest absolute Gasteiger partial charge is 0.340 e. The molecule has 28 heavy (non-hydrogen) atoms. The van der Waals surface area contributed by atoms with Gasteiger partial charge in [0.2, 0.25) is 15.9 Å². The van der Waals surface area contributed by atoms with Crippen molar-refractivity contribution < 1.29 is 13.2 Å². The first-order valence-electron chi connectivity index (χ1n) is 9.92. The molecule has 2 saturated heterocycles. The summed E-state index contributed by atoms with van der Waals surface area (Å²) < 4.78 is 25.4. The molecule has 150 valence electrons. The predicted octanol–water partition coefficient (Wildman–Crippen LogP) is 2.56. The Bertz CT molecular complexity index is 926. The Hall–Kier alpha value is -2.19. The van der Waals surface area contributed by atoms with Crippen LogP contribution in [0.15, 0.2) is 36.5 Å². The third-order valence-electron chi connectivity index (χ3n) is 5.60. The number of carbonyl (C=O) groups is 1. The Morgan fingerprint density at radius 3 is 2.71 bits per heavy atom. The lowest BCUT2D eigenvalue weighted by molar-refractivity contribution is -0.135. The van der Waals surface area contributed by atoms with Crippen molar-refractivity contribution in [1.29, 1.82) is 0 Å². The number of hydrogen-bond donors (Lipinski definition) is 1. The summed E-state index contributed by atoms with van der Waals surface area (Å²) in [5, 5.41) is 0. The zero-order chi connectivity index (χ0) is 19.6. The molecule has 2 aliphatic rings. The highest BCUT2D eigenvalue weighted by molar-refractivity contribution is 7.89. The third kappa shape index (κ3) is 3.98. The Kier molecular flexibility index (Phi) is 5.50. The summed E-state index contributed by atoms with van der Waals surface area (Å²) in [6, 6.07) is 9.92. The van der Waals surface area contributed by atoms with E-state index < -0.39 is 10.0 Å². The number of hydrogen-bond acceptors (Lipinski definition) is 4. The van der Waals surface area contributed by atoms with E-state index in [4.69, 9.17) is 0 Å². The number of aromatic amines is 1. The van der Waals surface area contributed by atoms with Gasteiger partial charge >= 0.3 is 0 Å². The molecule has 3 heterocycles. The van der Waals surface area contributed by atoms with Crippen LogP contribution in [0, 0.1) is 0 Å². The second-order valence-electron chi connectivity index (χ2n) is 7.47. The third-order valence-corrected chi connectivity index (χ3v) is 7.55. The number of nitrogens with zero attached hydrogens (tertiary/aromatic N) is 3. The van der Waals surface area contributed by atoms with Crippen molar-refractivity contribution in [2.75, 3.05) is 25.4 Å². The predicted molar refractivity (Wildman–Crippen MR) is 107 cm³/mol. The highest BCUT2D eigenvalue weighted by Gasteiger charge is 2.32. The first-order chi connectivity index (χ1) is 13.5. The molecule has 2 aromatic rings. The van der Waals surface area contributed by atoms with Crippen molar-refractivity contribution in [3.63, 3.8) is 0 Å². The van der Waals surface area contributed by atoms with Crippen LogP contribution in [0.2, 0.25) is 0 Å². The Balaban J connectivity index is 1.46. The molecule has 2 aliphatic heterocycles. The maximum absolute atomic E-state index is 12.9. The van der Waals surface area contributed by atoms with Crippen LogP contribution in [0.5, 0.6) is 0 Å². The van der Waals surface area contributed by atoms with Gasteiger partial charge in [-0.25, -0.2) is 17.7 Å². The molecule has 1 atom stereocenters. The summed E-state index contributed by atoms with van der Waals surface area (Å²) in [5.41, 5.74) is 2.01. The van der Waals surface area contributed by atoms with Gasteiger partial charge in [0.05, 0.1) is 23.7 Å². The van der Waals surface area contributed by atoms with Crippen LogP contribution in [0.1, 0.15) is 44.0 Å². The zero-order valence-corrected chi connectivity index (χ0v) is 16.7. The molecule has 0 spiro atoms. The minimum Gasteiger partial charge on any atom is -0.340 e. The first kappa shape index (κ1) is 19.1. The lowest BCUT2D eigenvalue weighted by Gasteiger charge is -2.35. The molecule has 1 aromatic heterocycles. The lowest BCUT2D eigenvalue weighted by Crippen LogP contribution is -2.40. The number of imidazole rings is 1. The number of aromatic nitrogens is 2. The number of H-pyrrole nitrogens is 1. The van der Waals surface area contributed by atoms with E-state index in [9.17, 15) is 13.2 Å². The summed E-state index contributed by atoms with van der Waals surface area (Å²) in [4.78, 5) is 22.7. The van der Waals surface area contributed by atoms with Gasteiger partial charge in [0, 0.05) is 26.1 Å². The maximum Gasteiger partial charge on any atom is 0.224 e. The van der Waals surface area contributed by atoms with Crippen LogP contribution in [-0.4, -0.2) is 58.9 Å². The number of nitrogens with one attached hydrogen (secondary N) is 1. The molecule has 0 radical (unpaired) electrons. The average Bonchev–Trinajstić information content (AvgIpc) is 3.33. The normalized spacial score (nSPS) is 22.4. The van der Waals surface area contributed by atoms with Crippen molar-refractivity contribution in [1.82, 2.24) is 19.2 Å². The Morgan fingerprint density at radius 1 is 1.14 bits per heavy atom. The van der Waals surface area contributed by atoms with E-state index in [0.717, 1.165) is 36.3 Å². The van der Waals surface area contributed by atoms with E-state index in [1.165, 1.54) is 4.31 Å². The highest BCUT2D eigenvalue weighted by Crippen LogP contribution is 2.31. The van der Waals surface area contributed by atoms with Gasteiger partial charge in [0.1, 0.15) is 5.82 Å². The van der Waals surface area contributed by atoms with Crippen LogP contribution in [0.25, 0.3) is 11.3 Å². The zero-order valence-electron chi connectivity index (χ0n) is 15.9. The summed E-state index contributed by atoms with van der Waals surface area (Å²) in [6.45, 7) is 1.49. The molecule has 7 nitrogen and oxygen atoms in total. The average molecular weight is 403 g/mol. The number of benzene rings is 1. The van der Waals surface area contributed by atoms with E-state index in [1.54, 1.807) is 0 Å². The molecule has 8 heteroatoms. The van der Waals surface area contributed by atoms with Gasteiger partial charge in [-0.15, -0.1) is 0 Å². The van der Waals surface area contributed by atoms with E-state index in [-0.39, 0.29) is 30.7 Å². The molecule has 1 amide bonds. The van der Waals surface area contributed by atoms with Crippen molar-refractivity contribution in [3.05, 3.63) is 42.4 Å². The van der Waals surface area contributed by atoms with Crippen LogP contribution < -0.4 is 0 Å². The fourth-order valence-electron chi connectivity index (χ4n) is 4.09. The summed E-state index contributed by atoms with van der Waals surface area (Å²) in [6.07, 6.45) is 5.58. The Morgan fingerprint density at radius 2 is 1.96 bits per heavy atom. The summed E-state index contributed by atoms with van der Waals surface area (Å²) >= 11 is 0. The molecular formula is C20H26N4O3S. The summed E-state index contributed by atoms with van der Waals surface area (Å²) in [7, 11) is -3.16. The molecule has 0 aliphatic carbocycles. The summed E-state index contributed by atoms with van der Waals surface area (Å²) in [5.74, 6) is 1.01. The van der Waals surface area contributed by atoms with Gasteiger partial charge < -0.3 is 9.88 Å². The van der Waals surface area contributed by atoms with E-state index in [1.807, 2.05) is 41.4 Å². The smallest absolute Gasteiger partial charge is 0.224 e. The van der Waals surface area contributed by atoms with Crippen molar-refractivity contribution in [2.45, 2.75) is 38.1 Å². The van der Waals surface area contributed by atoms with Crippen molar-refractivity contribution >= 4 is 15.9 Å². The van der Waals surface area contributed by atoms with Gasteiger partial charge in [-0.3, -0.25) is 4.79 Å². The minimum atomic E-state index is -3.16. The standard InChI is InChI=1S/C20H26N4O3S/c25-19(10-13-23-11-6-14-28(23,26)27)24-12-5-4-9-18(24)20-21-15-17(22-20)16-7-2-1-3-8-16/h1-3,7-8,15,18H,4-6,9-14H2,(H,21,22). The van der Waals surface area contributed by atoms with Gasteiger partial charge in [0.15, 0.2) is 0 Å². The SMILES string of the molecule is O=C(CCN1CCCS1(=O)=O)N1CCCCC1c1ncc(-c2ccccc2)[nH]1. The van der Waals surface area contributed by atoms with E-state index >= 15 is 0 Å². The number of rotatable bonds is 5. The molecular weight excluding hydrogens is 376 g/mol. The van der Waals surface area contributed by atoms with Gasteiger partial charge in [-0.1, -0.05) is 30.3 Å². The molecule has 1 unspecified atom stereocenters. The van der Waals surface area contributed by atoms with Crippen LogP contribution in [0.3, 0.4) is 0 Å². The number of piperidine rings is 1. The second kappa shape index (κ2) is 8.05. The first-order valence-corrected chi connectivity index (χ1v) is 11.5. The lowest BCUT2D eigenvalue weighted by atomic mass is 10.0. The molecule has 0 bridgehead atoms. The molecule has 2 fully saturated rings. The van der Waals surface area contributed by atoms with Gasteiger partial charge in [-0.05, 0) is 31.2 Å². The number of likely N-dealkylation sites (tertiary alicyclic amines) is 1. The number of amides is 1. The van der Waals surface area contributed by atoms with Crippen molar-refractivity contribution in [2.24, 2.45) is 0 Å². The minimum absolute atomic E-state index is 0.00413. The monoisotopic (exact) mass is 402 g/mol.